The molecule has 2 N–H and O–H groups in total. The van der Waals surface area contributed by atoms with Gasteiger partial charge in [0.05, 0.1) is 23.7 Å². The van der Waals surface area contributed by atoms with E-state index in [2.05, 4.69) is 0 Å². The summed E-state index contributed by atoms with van der Waals surface area (Å²) in [5, 5.41) is 30.0. The number of carbonyl (C=O) groups excluding carboxylic acids is 2. The van der Waals surface area contributed by atoms with E-state index in [1.54, 1.807) is 13.0 Å². The summed E-state index contributed by atoms with van der Waals surface area (Å²) >= 11 is 0. The number of carboxylic acid groups (broad SMARTS) is 1. The molecule has 166 valence electrons. The van der Waals surface area contributed by atoms with Crippen LogP contribution in [-0.4, -0.2) is 52.9 Å². The number of hydrogen-bond acceptors (Lipinski definition) is 8. The normalized spacial score (nSPS) is 25.2. The number of carboxylic acids is 1. The molecule has 8 heteroatoms. The molecule has 1 fully saturated rings. The van der Waals surface area contributed by atoms with E-state index in [4.69, 9.17) is 14.2 Å². The van der Waals surface area contributed by atoms with Gasteiger partial charge in [-0.25, -0.2) is 4.79 Å². The highest BCUT2D eigenvalue weighted by atomic mass is 16.7. The number of phenolic OH excluding ortho intramolecular Hbond substituents is 1. The molecule has 30 heavy (non-hydrogen) atoms. The van der Waals surface area contributed by atoms with Crippen molar-refractivity contribution in [1.82, 2.24) is 0 Å². The van der Waals surface area contributed by atoms with Crippen LogP contribution in [0.15, 0.2) is 36.4 Å². The van der Waals surface area contributed by atoms with Gasteiger partial charge < -0.3 is 34.3 Å². The maximum absolute atomic E-state index is 12.3. The fraction of sp³-hybridized carbons (Fsp3) is 0.545. The predicted octanol–water partition coefficient (Wildman–Crippen LogP) is 1.68. The largest absolute Gasteiger partial charge is 0.545 e. The zero-order chi connectivity index (χ0) is 22.1. The molecule has 1 aromatic rings. The van der Waals surface area contributed by atoms with Gasteiger partial charge in [0, 0.05) is 6.42 Å². The molecule has 8 nitrogen and oxygen atoms in total. The zero-order valence-corrected chi connectivity index (χ0v) is 17.2. The van der Waals surface area contributed by atoms with Gasteiger partial charge >= 0.3 is 5.97 Å². The van der Waals surface area contributed by atoms with Crippen LogP contribution < -0.4 is 5.11 Å². The van der Waals surface area contributed by atoms with Crippen molar-refractivity contribution in [1.29, 1.82) is 0 Å². The molecule has 0 aromatic heterocycles. The Morgan fingerprint density at radius 3 is 2.67 bits per heavy atom. The molecule has 0 radical (unpaired) electrons. The lowest BCUT2D eigenvalue weighted by molar-refractivity contribution is -0.297. The van der Waals surface area contributed by atoms with Crippen molar-refractivity contribution in [2.24, 2.45) is 0 Å². The highest BCUT2D eigenvalue weighted by molar-refractivity contribution is 5.89. The topological polar surface area (TPSA) is 125 Å². The molecule has 1 aliphatic rings. The van der Waals surface area contributed by atoms with E-state index in [1.807, 2.05) is 6.92 Å². The number of phenols is 1. The smallest absolute Gasteiger partial charge is 0.338 e. The van der Waals surface area contributed by atoms with Crippen molar-refractivity contribution in [3.63, 3.8) is 0 Å². The van der Waals surface area contributed by atoms with E-state index in [1.165, 1.54) is 24.3 Å². The number of aliphatic hydroxyl groups excluding tert-OH is 1. The summed E-state index contributed by atoms with van der Waals surface area (Å²) in [6.45, 7) is 3.64. The second-order valence-electron chi connectivity index (χ2n) is 7.46. The minimum atomic E-state index is -1.20. The summed E-state index contributed by atoms with van der Waals surface area (Å²) in [7, 11) is 0. The van der Waals surface area contributed by atoms with Gasteiger partial charge in [-0.1, -0.05) is 12.5 Å². The van der Waals surface area contributed by atoms with Gasteiger partial charge in [-0.05, 0) is 63.5 Å². The Balaban J connectivity index is 1.75. The molecular formula is C22H29O8-. The minimum absolute atomic E-state index is 0.0551. The Kier molecular flexibility index (Phi) is 9.29. The van der Waals surface area contributed by atoms with Gasteiger partial charge in [0.2, 0.25) is 0 Å². The molecule has 0 spiro atoms. The number of allylic oxidation sites excluding steroid dienone is 1. The number of unbranched alkanes of at least 4 members (excludes halogenated alkanes) is 2. The molecule has 0 unspecified atom stereocenters. The lowest BCUT2D eigenvalue weighted by atomic mass is 10.0. The summed E-state index contributed by atoms with van der Waals surface area (Å²) in [5.41, 5.74) is 0.302. The van der Waals surface area contributed by atoms with E-state index >= 15 is 0 Å². The first-order chi connectivity index (χ1) is 14.3. The van der Waals surface area contributed by atoms with Gasteiger partial charge in [-0.15, -0.1) is 0 Å². The van der Waals surface area contributed by atoms with Gasteiger partial charge in [0.1, 0.15) is 18.0 Å². The highest BCUT2D eigenvalue weighted by Crippen LogP contribution is 2.26. The third kappa shape index (κ3) is 7.78. The Hall–Kier alpha value is -2.42. The van der Waals surface area contributed by atoms with Crippen LogP contribution in [0.5, 0.6) is 5.75 Å². The summed E-state index contributed by atoms with van der Waals surface area (Å²) in [6.07, 6.45) is 2.84. The zero-order valence-electron chi connectivity index (χ0n) is 17.2. The van der Waals surface area contributed by atoms with Crippen LogP contribution in [0, 0.1) is 0 Å². The third-order valence-electron chi connectivity index (χ3n) is 4.87. The van der Waals surface area contributed by atoms with Crippen LogP contribution in [0.4, 0.5) is 0 Å². The Bertz CT molecular complexity index is 714. The number of esters is 1. The van der Waals surface area contributed by atoms with Crippen molar-refractivity contribution in [2.45, 2.75) is 76.7 Å². The number of ether oxygens (including phenoxy) is 3. The molecule has 5 atom stereocenters. The van der Waals surface area contributed by atoms with Crippen LogP contribution in [-0.2, 0) is 19.0 Å². The van der Waals surface area contributed by atoms with Crippen molar-refractivity contribution < 1.29 is 39.1 Å². The number of aromatic hydroxyl groups is 1. The third-order valence-corrected chi connectivity index (χ3v) is 4.87. The Labute approximate surface area is 176 Å². The molecule has 1 heterocycles. The quantitative estimate of drug-likeness (QED) is 0.332. The van der Waals surface area contributed by atoms with E-state index in [9.17, 15) is 24.9 Å². The number of hydrogen-bond donors (Lipinski definition) is 2. The number of benzene rings is 1. The monoisotopic (exact) mass is 421 g/mol. The molecule has 1 aliphatic heterocycles. The van der Waals surface area contributed by atoms with Crippen LogP contribution in [0.2, 0.25) is 0 Å². The van der Waals surface area contributed by atoms with E-state index in [0.29, 0.717) is 12.0 Å². The summed E-state index contributed by atoms with van der Waals surface area (Å²) in [6, 6.07) is 5.73. The Morgan fingerprint density at radius 2 is 2.00 bits per heavy atom. The second-order valence-corrected chi connectivity index (χ2v) is 7.46. The predicted molar refractivity (Wildman–Crippen MR) is 105 cm³/mol. The lowest BCUT2D eigenvalue weighted by Gasteiger charge is -2.38. The molecule has 1 saturated heterocycles. The second kappa shape index (κ2) is 11.7. The van der Waals surface area contributed by atoms with Gasteiger partial charge in [-0.2, -0.15) is 0 Å². The van der Waals surface area contributed by atoms with Crippen LogP contribution in [0.1, 0.15) is 56.3 Å². The van der Waals surface area contributed by atoms with Crippen LogP contribution >= 0.6 is 0 Å². The van der Waals surface area contributed by atoms with Crippen molar-refractivity contribution in [2.75, 3.05) is 0 Å². The SMILES string of the molecule is C[C@H](CCCC/C=C/C(=O)[O-])O[C@@H]1O[C@@H](C)[C@H](OC(=O)c2ccc(O)cc2)C[C@H]1O. The molecule has 0 saturated carbocycles. The number of aliphatic hydroxyl groups is 1. The van der Waals surface area contributed by atoms with Gasteiger partial charge in [0.25, 0.3) is 0 Å². The van der Waals surface area contributed by atoms with Crippen molar-refractivity contribution in [3.8, 4) is 5.75 Å². The van der Waals surface area contributed by atoms with Crippen LogP contribution in [0.3, 0.4) is 0 Å². The minimum Gasteiger partial charge on any atom is -0.545 e. The molecule has 0 amide bonds. The number of carbonyl (C=O) groups is 2. The first kappa shape index (κ1) is 23.9. The first-order valence-electron chi connectivity index (χ1n) is 10.1. The lowest BCUT2D eigenvalue weighted by Crippen LogP contribution is -2.49. The molecule has 0 bridgehead atoms. The first-order valence-corrected chi connectivity index (χ1v) is 10.1. The molecule has 2 rings (SSSR count). The fourth-order valence-corrected chi connectivity index (χ4v) is 3.17. The van der Waals surface area contributed by atoms with Crippen LogP contribution in [0.25, 0.3) is 0 Å². The average Bonchev–Trinajstić information content (AvgIpc) is 2.68. The van der Waals surface area contributed by atoms with Crippen molar-refractivity contribution in [3.05, 3.63) is 42.0 Å². The van der Waals surface area contributed by atoms with Gasteiger partial charge in [0.15, 0.2) is 6.29 Å². The van der Waals surface area contributed by atoms with E-state index < -0.39 is 36.5 Å². The van der Waals surface area contributed by atoms with E-state index in [-0.39, 0.29) is 18.3 Å². The molecule has 0 aliphatic carbocycles. The van der Waals surface area contributed by atoms with E-state index in [0.717, 1.165) is 25.3 Å². The summed E-state index contributed by atoms with van der Waals surface area (Å²) in [4.78, 5) is 22.5. The van der Waals surface area contributed by atoms with Crippen molar-refractivity contribution >= 4 is 11.9 Å². The maximum atomic E-state index is 12.3. The standard InChI is InChI=1S/C22H30O8/c1-14(7-5-3-4-6-8-20(25)26)28-22-18(24)13-19(15(2)29-22)30-21(27)16-9-11-17(23)12-10-16/h6,8-12,14-15,18-19,22-24H,3-5,7,13H2,1-2H3,(H,25,26)/p-1/b8-6+/t14-,15+,18-,19-,22-/m1/s1. The number of aliphatic carboxylic acids is 1. The Morgan fingerprint density at radius 1 is 1.30 bits per heavy atom. The summed E-state index contributed by atoms with van der Waals surface area (Å²) in [5.74, 6) is -1.70. The average molecular weight is 421 g/mol. The summed E-state index contributed by atoms with van der Waals surface area (Å²) < 4.78 is 17.0. The van der Waals surface area contributed by atoms with Gasteiger partial charge in [-0.3, -0.25) is 0 Å². The maximum Gasteiger partial charge on any atom is 0.338 e. The highest BCUT2D eigenvalue weighted by Gasteiger charge is 2.38. The molecular weight excluding hydrogens is 392 g/mol. The fourth-order valence-electron chi connectivity index (χ4n) is 3.17. The number of rotatable bonds is 10. The molecule has 1 aromatic carbocycles.